The number of hydrogen-bond acceptors (Lipinski definition) is 3. The van der Waals surface area contributed by atoms with Crippen LogP contribution in [-0.4, -0.2) is 45.8 Å². The lowest BCUT2D eigenvalue weighted by Crippen LogP contribution is -2.41. The molecule has 0 atom stereocenters. The summed E-state index contributed by atoms with van der Waals surface area (Å²) < 4.78 is 13.3. The van der Waals surface area contributed by atoms with Gasteiger partial charge in [0.05, 0.1) is 5.69 Å². The lowest BCUT2D eigenvalue weighted by Gasteiger charge is -2.21. The van der Waals surface area contributed by atoms with Crippen molar-refractivity contribution in [3.8, 4) is 11.3 Å². The van der Waals surface area contributed by atoms with Crippen molar-refractivity contribution < 1.29 is 19.1 Å². The van der Waals surface area contributed by atoms with Gasteiger partial charge in [0, 0.05) is 42.9 Å². The van der Waals surface area contributed by atoms with Crippen molar-refractivity contribution in [1.29, 1.82) is 0 Å². The molecule has 2 heterocycles. The first-order valence-corrected chi connectivity index (χ1v) is 9.59. The van der Waals surface area contributed by atoms with Gasteiger partial charge in [-0.3, -0.25) is 9.89 Å². The third-order valence-electron chi connectivity index (χ3n) is 4.88. The predicted molar refractivity (Wildman–Crippen MR) is 110 cm³/mol. The molecule has 7 nitrogen and oxygen atoms in total. The van der Waals surface area contributed by atoms with E-state index >= 15 is 0 Å². The molecule has 1 aromatic heterocycles. The van der Waals surface area contributed by atoms with E-state index in [1.807, 2.05) is 35.2 Å². The number of aromatic nitrogens is 2. The number of fused-ring (bicyclic) bond motifs is 1. The molecule has 156 valence electrons. The third-order valence-corrected chi connectivity index (χ3v) is 4.88. The molecule has 1 aliphatic rings. The monoisotopic (exact) mass is 410 g/mol. The van der Waals surface area contributed by atoms with Crippen molar-refractivity contribution in [1.82, 2.24) is 20.4 Å². The van der Waals surface area contributed by atoms with E-state index in [0.717, 1.165) is 35.4 Å². The maximum absolute atomic E-state index is 13.3. The minimum absolute atomic E-state index is 0.126. The van der Waals surface area contributed by atoms with Gasteiger partial charge < -0.3 is 15.3 Å². The van der Waals surface area contributed by atoms with Gasteiger partial charge in [-0.1, -0.05) is 42.5 Å². The number of rotatable bonds is 3. The quantitative estimate of drug-likeness (QED) is 0.578. The highest BCUT2D eigenvalue weighted by Gasteiger charge is 2.22. The minimum Gasteiger partial charge on any atom is -0.483 e. The third kappa shape index (κ3) is 5.22. The first-order valence-electron chi connectivity index (χ1n) is 9.59. The number of nitrogens with one attached hydrogen (secondary N) is 2. The first kappa shape index (κ1) is 21.0. The number of nitrogens with zero attached hydrogens (tertiary/aromatic N) is 2. The number of H-pyrrole nitrogens is 1. The molecule has 0 spiro atoms. The van der Waals surface area contributed by atoms with E-state index in [2.05, 4.69) is 15.5 Å². The van der Waals surface area contributed by atoms with Crippen molar-refractivity contribution in [2.75, 3.05) is 13.1 Å². The molecule has 0 saturated carbocycles. The van der Waals surface area contributed by atoms with Crippen LogP contribution in [0.3, 0.4) is 0 Å². The van der Waals surface area contributed by atoms with Crippen molar-refractivity contribution >= 4 is 12.5 Å². The maximum Gasteiger partial charge on any atom is 0.317 e. The summed E-state index contributed by atoms with van der Waals surface area (Å²) in [6.45, 7) is 1.31. The molecule has 0 saturated heterocycles. The van der Waals surface area contributed by atoms with Crippen LogP contribution in [0.1, 0.15) is 16.8 Å². The second kappa shape index (κ2) is 10.2. The van der Waals surface area contributed by atoms with Gasteiger partial charge in [0.2, 0.25) is 0 Å². The maximum atomic E-state index is 13.3. The first-order chi connectivity index (χ1) is 14.6. The molecule has 1 aliphatic heterocycles. The van der Waals surface area contributed by atoms with Crippen LogP contribution in [-0.2, 0) is 24.2 Å². The zero-order chi connectivity index (χ0) is 21.3. The Morgan fingerprint density at radius 2 is 1.90 bits per heavy atom. The van der Waals surface area contributed by atoms with E-state index in [1.54, 1.807) is 12.1 Å². The van der Waals surface area contributed by atoms with Crippen LogP contribution in [0.15, 0.2) is 54.6 Å². The highest BCUT2D eigenvalue weighted by molar-refractivity contribution is 5.74. The van der Waals surface area contributed by atoms with Crippen LogP contribution < -0.4 is 5.32 Å². The Balaban J connectivity index is 0.000000806. The smallest absolute Gasteiger partial charge is 0.317 e. The van der Waals surface area contributed by atoms with E-state index in [0.29, 0.717) is 19.6 Å². The molecule has 0 unspecified atom stereocenters. The van der Waals surface area contributed by atoms with Crippen LogP contribution in [0, 0.1) is 5.82 Å². The van der Waals surface area contributed by atoms with Gasteiger partial charge in [-0.2, -0.15) is 5.10 Å². The lowest BCUT2D eigenvalue weighted by atomic mass is 10.0. The van der Waals surface area contributed by atoms with Crippen LogP contribution in [0.25, 0.3) is 11.3 Å². The molecular weight excluding hydrogens is 387 g/mol. The SMILES string of the molecule is O=C(NCc1cccc(F)c1)N1CCc2[nH]nc(-c3ccccc3)c2CC1.O=CO. The number of urea groups is 1. The van der Waals surface area contributed by atoms with E-state index in [1.165, 1.54) is 17.7 Å². The molecule has 0 bridgehead atoms. The molecule has 2 amide bonds. The Kier molecular flexibility index (Phi) is 7.15. The van der Waals surface area contributed by atoms with Gasteiger partial charge in [0.15, 0.2) is 0 Å². The highest BCUT2D eigenvalue weighted by atomic mass is 19.1. The average molecular weight is 410 g/mol. The van der Waals surface area contributed by atoms with Crippen molar-refractivity contribution in [3.63, 3.8) is 0 Å². The number of carbonyl (C=O) groups excluding carboxylic acids is 1. The predicted octanol–water partition coefficient (Wildman–Crippen LogP) is 3.23. The van der Waals surface area contributed by atoms with Gasteiger partial charge in [-0.05, 0) is 24.1 Å². The fraction of sp³-hybridized carbons (Fsp3) is 0.227. The number of halogens is 1. The molecule has 30 heavy (non-hydrogen) atoms. The summed E-state index contributed by atoms with van der Waals surface area (Å²) >= 11 is 0. The summed E-state index contributed by atoms with van der Waals surface area (Å²) in [6.07, 6.45) is 1.49. The van der Waals surface area contributed by atoms with Gasteiger partial charge in [0.1, 0.15) is 5.82 Å². The van der Waals surface area contributed by atoms with E-state index < -0.39 is 0 Å². The summed E-state index contributed by atoms with van der Waals surface area (Å²) in [6, 6.07) is 16.2. The molecule has 4 rings (SSSR count). The summed E-state index contributed by atoms with van der Waals surface area (Å²) in [7, 11) is 0. The summed E-state index contributed by atoms with van der Waals surface area (Å²) in [5.41, 5.74) is 5.07. The molecule has 0 aliphatic carbocycles. The summed E-state index contributed by atoms with van der Waals surface area (Å²) in [5, 5.41) is 17.4. The van der Waals surface area contributed by atoms with Crippen molar-refractivity contribution in [3.05, 3.63) is 77.2 Å². The Morgan fingerprint density at radius 1 is 1.17 bits per heavy atom. The standard InChI is InChI=1S/C21H21FN4O.CH2O2/c22-17-8-4-5-15(13-17)14-23-21(27)26-11-9-18-19(10-12-26)24-25-20(18)16-6-2-1-3-7-16;2-1-3/h1-8,13H,9-12,14H2,(H,23,27)(H,24,25);1H,(H,2,3). The van der Waals surface area contributed by atoms with E-state index in [4.69, 9.17) is 9.90 Å². The lowest BCUT2D eigenvalue weighted by molar-refractivity contribution is -0.122. The van der Waals surface area contributed by atoms with Gasteiger partial charge in [0.25, 0.3) is 6.47 Å². The Hall–Kier alpha value is -3.68. The molecule has 2 aromatic carbocycles. The number of aromatic amines is 1. The van der Waals surface area contributed by atoms with Gasteiger partial charge in [-0.25, -0.2) is 9.18 Å². The van der Waals surface area contributed by atoms with Crippen molar-refractivity contribution in [2.24, 2.45) is 0 Å². The topological polar surface area (TPSA) is 98.3 Å². The zero-order valence-electron chi connectivity index (χ0n) is 16.3. The molecular formula is C22H23FN4O3. The zero-order valence-corrected chi connectivity index (χ0v) is 16.3. The van der Waals surface area contributed by atoms with Gasteiger partial charge >= 0.3 is 6.03 Å². The second-order valence-corrected chi connectivity index (χ2v) is 6.78. The number of amides is 2. The number of benzene rings is 2. The fourth-order valence-electron chi connectivity index (χ4n) is 3.46. The minimum atomic E-state index is -0.295. The molecule has 3 aromatic rings. The van der Waals surface area contributed by atoms with E-state index in [9.17, 15) is 9.18 Å². The average Bonchev–Trinajstić information content (AvgIpc) is 3.04. The van der Waals surface area contributed by atoms with Crippen LogP contribution in [0.5, 0.6) is 0 Å². The number of carbonyl (C=O) groups is 2. The number of carboxylic acid groups (broad SMARTS) is 1. The molecule has 0 radical (unpaired) electrons. The number of hydrogen-bond donors (Lipinski definition) is 3. The summed E-state index contributed by atoms with van der Waals surface area (Å²) in [4.78, 5) is 22.7. The van der Waals surface area contributed by atoms with Crippen LogP contribution >= 0.6 is 0 Å². The molecule has 8 heteroatoms. The molecule has 3 N–H and O–H groups in total. The van der Waals surface area contributed by atoms with E-state index in [-0.39, 0.29) is 18.3 Å². The van der Waals surface area contributed by atoms with Crippen LogP contribution in [0.2, 0.25) is 0 Å². The molecule has 0 fully saturated rings. The Morgan fingerprint density at radius 3 is 2.63 bits per heavy atom. The highest BCUT2D eigenvalue weighted by Crippen LogP contribution is 2.26. The largest absolute Gasteiger partial charge is 0.483 e. The van der Waals surface area contributed by atoms with Crippen molar-refractivity contribution in [2.45, 2.75) is 19.4 Å². The van der Waals surface area contributed by atoms with Gasteiger partial charge in [-0.15, -0.1) is 0 Å². The normalized spacial score (nSPS) is 12.8. The Bertz CT molecular complexity index is 991. The van der Waals surface area contributed by atoms with Crippen LogP contribution in [0.4, 0.5) is 9.18 Å². The fourth-order valence-corrected chi connectivity index (χ4v) is 3.46. The Labute approximate surface area is 173 Å². The second-order valence-electron chi connectivity index (χ2n) is 6.78. The summed E-state index contributed by atoms with van der Waals surface area (Å²) in [5.74, 6) is -0.295.